The lowest BCUT2D eigenvalue weighted by molar-refractivity contribution is 0.0397. The van der Waals surface area contributed by atoms with Gasteiger partial charge in [0.15, 0.2) is 0 Å². The standard InChI is InChI=1S/C17H19BrClNO/c1-2-20-11-17(14-8-4-5-9-15(14)18)21-12-13-7-3-6-10-16(13)19/h3-10,17,20H,2,11-12H2,1H3. The molecule has 0 aliphatic rings. The van der Waals surface area contributed by atoms with Gasteiger partial charge in [0.1, 0.15) is 0 Å². The monoisotopic (exact) mass is 367 g/mol. The Labute approximate surface area is 139 Å². The summed E-state index contributed by atoms with van der Waals surface area (Å²) in [7, 11) is 0. The lowest BCUT2D eigenvalue weighted by Crippen LogP contribution is -2.23. The number of likely N-dealkylation sites (N-methyl/N-ethyl adjacent to an activating group) is 1. The molecule has 0 bridgehead atoms. The van der Waals surface area contributed by atoms with Gasteiger partial charge >= 0.3 is 0 Å². The Bertz CT molecular complexity index is 576. The molecular formula is C17H19BrClNO. The van der Waals surface area contributed by atoms with Gasteiger partial charge in [-0.1, -0.05) is 70.9 Å². The van der Waals surface area contributed by atoms with Crippen molar-refractivity contribution in [3.05, 3.63) is 69.2 Å². The van der Waals surface area contributed by atoms with Gasteiger partial charge < -0.3 is 10.1 Å². The lowest BCUT2D eigenvalue weighted by Gasteiger charge is -2.20. The topological polar surface area (TPSA) is 21.3 Å². The first-order valence-corrected chi connectivity index (χ1v) is 8.19. The largest absolute Gasteiger partial charge is 0.367 e. The second-order valence-electron chi connectivity index (χ2n) is 4.72. The minimum atomic E-state index is -0.0169. The Morgan fingerprint density at radius 2 is 1.86 bits per heavy atom. The zero-order chi connectivity index (χ0) is 15.1. The van der Waals surface area contributed by atoms with E-state index in [0.717, 1.165) is 33.7 Å². The third-order valence-electron chi connectivity index (χ3n) is 3.23. The first kappa shape index (κ1) is 16.5. The van der Waals surface area contributed by atoms with Crippen LogP contribution in [0.2, 0.25) is 5.02 Å². The van der Waals surface area contributed by atoms with E-state index >= 15 is 0 Å². The van der Waals surface area contributed by atoms with Crippen LogP contribution in [-0.4, -0.2) is 13.1 Å². The van der Waals surface area contributed by atoms with E-state index in [1.165, 1.54) is 0 Å². The summed E-state index contributed by atoms with van der Waals surface area (Å²) < 4.78 is 7.16. The Morgan fingerprint density at radius 1 is 1.14 bits per heavy atom. The average Bonchev–Trinajstić information content (AvgIpc) is 2.50. The fraction of sp³-hybridized carbons (Fsp3) is 0.294. The van der Waals surface area contributed by atoms with Gasteiger partial charge in [0.25, 0.3) is 0 Å². The van der Waals surface area contributed by atoms with E-state index in [1.54, 1.807) is 0 Å². The van der Waals surface area contributed by atoms with Crippen LogP contribution in [0.25, 0.3) is 0 Å². The van der Waals surface area contributed by atoms with E-state index in [9.17, 15) is 0 Å². The Morgan fingerprint density at radius 3 is 2.57 bits per heavy atom. The third kappa shape index (κ3) is 4.82. The predicted molar refractivity (Wildman–Crippen MR) is 91.7 cm³/mol. The van der Waals surface area contributed by atoms with Crippen LogP contribution in [0.5, 0.6) is 0 Å². The highest BCUT2D eigenvalue weighted by atomic mass is 79.9. The van der Waals surface area contributed by atoms with Crippen LogP contribution < -0.4 is 5.32 Å². The minimum absolute atomic E-state index is 0.0169. The van der Waals surface area contributed by atoms with Crippen LogP contribution in [0.3, 0.4) is 0 Å². The average molecular weight is 369 g/mol. The number of ether oxygens (including phenoxy) is 1. The van der Waals surface area contributed by atoms with E-state index < -0.39 is 0 Å². The first-order chi connectivity index (χ1) is 10.2. The number of nitrogens with one attached hydrogen (secondary N) is 1. The molecule has 1 atom stereocenters. The van der Waals surface area contributed by atoms with Crippen molar-refractivity contribution in [1.82, 2.24) is 5.32 Å². The highest BCUT2D eigenvalue weighted by molar-refractivity contribution is 9.10. The van der Waals surface area contributed by atoms with Crippen LogP contribution in [0.15, 0.2) is 53.0 Å². The molecule has 4 heteroatoms. The molecule has 0 aromatic heterocycles. The normalized spacial score (nSPS) is 12.3. The predicted octanol–water partition coefficient (Wildman–Crippen LogP) is 4.97. The first-order valence-electron chi connectivity index (χ1n) is 7.02. The molecule has 2 nitrogen and oxygen atoms in total. The molecular weight excluding hydrogens is 350 g/mol. The van der Waals surface area contributed by atoms with Crippen molar-refractivity contribution in [2.45, 2.75) is 19.6 Å². The van der Waals surface area contributed by atoms with Crippen LogP contribution in [0.4, 0.5) is 0 Å². The fourth-order valence-corrected chi connectivity index (χ4v) is 2.81. The van der Waals surface area contributed by atoms with E-state index in [4.69, 9.17) is 16.3 Å². The molecule has 1 unspecified atom stereocenters. The van der Waals surface area contributed by atoms with Gasteiger partial charge in [0.05, 0.1) is 12.7 Å². The molecule has 0 aliphatic carbocycles. The lowest BCUT2D eigenvalue weighted by atomic mass is 10.1. The highest BCUT2D eigenvalue weighted by Gasteiger charge is 2.15. The number of halogens is 2. The zero-order valence-corrected chi connectivity index (χ0v) is 14.3. The van der Waals surface area contributed by atoms with Crippen molar-refractivity contribution >= 4 is 27.5 Å². The van der Waals surface area contributed by atoms with E-state index in [-0.39, 0.29) is 6.10 Å². The maximum Gasteiger partial charge on any atom is 0.0964 e. The maximum atomic E-state index is 6.18. The molecule has 0 spiro atoms. The van der Waals surface area contributed by atoms with Gasteiger partial charge in [-0.3, -0.25) is 0 Å². The summed E-state index contributed by atoms with van der Waals surface area (Å²) in [4.78, 5) is 0. The molecule has 2 rings (SSSR count). The SMILES string of the molecule is CCNCC(OCc1ccccc1Cl)c1ccccc1Br. The second kappa shape index (κ2) is 8.54. The van der Waals surface area contributed by atoms with Gasteiger partial charge in [-0.15, -0.1) is 0 Å². The summed E-state index contributed by atoms with van der Waals surface area (Å²) in [6.45, 7) is 4.27. The number of rotatable bonds is 7. The molecule has 0 radical (unpaired) electrons. The molecule has 0 saturated heterocycles. The molecule has 2 aromatic carbocycles. The van der Waals surface area contributed by atoms with Crippen LogP contribution in [-0.2, 0) is 11.3 Å². The molecule has 0 heterocycles. The van der Waals surface area contributed by atoms with Gasteiger partial charge in [-0.2, -0.15) is 0 Å². The summed E-state index contributed by atoms with van der Waals surface area (Å²) in [5, 5.41) is 4.09. The van der Waals surface area contributed by atoms with Gasteiger partial charge in [0, 0.05) is 16.0 Å². The highest BCUT2D eigenvalue weighted by Crippen LogP contribution is 2.27. The summed E-state index contributed by atoms with van der Waals surface area (Å²) in [6, 6.07) is 15.9. The third-order valence-corrected chi connectivity index (χ3v) is 4.32. The van der Waals surface area contributed by atoms with E-state index in [2.05, 4.69) is 34.2 Å². The zero-order valence-electron chi connectivity index (χ0n) is 12.0. The van der Waals surface area contributed by atoms with Crippen molar-refractivity contribution < 1.29 is 4.74 Å². The second-order valence-corrected chi connectivity index (χ2v) is 5.98. The van der Waals surface area contributed by atoms with Crippen LogP contribution >= 0.6 is 27.5 Å². The fourth-order valence-electron chi connectivity index (χ4n) is 2.08. The summed E-state index contributed by atoms with van der Waals surface area (Å²) in [5.74, 6) is 0. The van der Waals surface area contributed by atoms with Crippen molar-refractivity contribution in [3.63, 3.8) is 0 Å². The molecule has 0 aliphatic heterocycles. The van der Waals surface area contributed by atoms with Crippen LogP contribution in [0.1, 0.15) is 24.2 Å². The summed E-state index contributed by atoms with van der Waals surface area (Å²) >= 11 is 9.78. The van der Waals surface area contributed by atoms with Gasteiger partial charge in [-0.25, -0.2) is 0 Å². The Balaban J connectivity index is 2.10. The summed E-state index contributed by atoms with van der Waals surface area (Å²) in [6.07, 6.45) is -0.0169. The molecule has 0 amide bonds. The quantitative estimate of drug-likeness (QED) is 0.745. The van der Waals surface area contributed by atoms with Crippen molar-refractivity contribution in [2.75, 3.05) is 13.1 Å². The van der Waals surface area contributed by atoms with Crippen molar-refractivity contribution in [1.29, 1.82) is 0 Å². The molecule has 2 aromatic rings. The molecule has 1 N–H and O–H groups in total. The molecule has 21 heavy (non-hydrogen) atoms. The number of hydrogen-bond donors (Lipinski definition) is 1. The smallest absolute Gasteiger partial charge is 0.0964 e. The maximum absolute atomic E-state index is 6.18. The molecule has 0 saturated carbocycles. The van der Waals surface area contributed by atoms with Crippen molar-refractivity contribution in [3.8, 4) is 0 Å². The Kier molecular flexibility index (Phi) is 6.71. The van der Waals surface area contributed by atoms with Gasteiger partial charge in [0.2, 0.25) is 0 Å². The van der Waals surface area contributed by atoms with Gasteiger partial charge in [-0.05, 0) is 29.8 Å². The van der Waals surface area contributed by atoms with Crippen molar-refractivity contribution in [2.24, 2.45) is 0 Å². The molecule has 0 fully saturated rings. The molecule has 112 valence electrons. The van der Waals surface area contributed by atoms with E-state index in [0.29, 0.717) is 6.61 Å². The van der Waals surface area contributed by atoms with E-state index in [1.807, 2.05) is 42.5 Å². The van der Waals surface area contributed by atoms with Crippen LogP contribution in [0, 0.1) is 0 Å². The number of hydrogen-bond acceptors (Lipinski definition) is 2. The minimum Gasteiger partial charge on any atom is -0.367 e. The Hall–Kier alpha value is -0.870. The number of benzene rings is 2. The summed E-state index contributed by atoms with van der Waals surface area (Å²) in [5.41, 5.74) is 2.15.